The van der Waals surface area contributed by atoms with Crippen LogP contribution in [0.25, 0.3) is 0 Å². The molecule has 2 saturated heterocycles. The quantitative estimate of drug-likeness (QED) is 0.794. The Balaban J connectivity index is 1.67. The largest absolute Gasteiger partial charge is 0.383 e. The van der Waals surface area contributed by atoms with E-state index >= 15 is 0 Å². The molecule has 0 saturated carbocycles. The molecule has 124 valence electrons. The van der Waals surface area contributed by atoms with E-state index in [9.17, 15) is 0 Å². The third-order valence-corrected chi connectivity index (χ3v) is 5.93. The lowest BCUT2D eigenvalue weighted by Gasteiger charge is -2.40. The molecule has 3 heterocycles. The lowest BCUT2D eigenvalue weighted by molar-refractivity contribution is -0.0245. The number of likely N-dealkylation sites (tertiary alicyclic amines) is 2. The van der Waals surface area contributed by atoms with E-state index < -0.39 is 0 Å². The highest BCUT2D eigenvalue weighted by atomic mass is 32.1. The van der Waals surface area contributed by atoms with Gasteiger partial charge in [-0.1, -0.05) is 0 Å². The summed E-state index contributed by atoms with van der Waals surface area (Å²) in [6, 6.07) is 0.583. The van der Waals surface area contributed by atoms with Crippen LogP contribution in [0.3, 0.4) is 0 Å². The average Bonchev–Trinajstić information content (AvgIpc) is 3.12. The highest BCUT2D eigenvalue weighted by Crippen LogP contribution is 2.33. The molecule has 0 aliphatic carbocycles. The molecule has 2 aliphatic heterocycles. The van der Waals surface area contributed by atoms with Gasteiger partial charge in [0.05, 0.1) is 19.3 Å². The van der Waals surface area contributed by atoms with Gasteiger partial charge >= 0.3 is 0 Å². The summed E-state index contributed by atoms with van der Waals surface area (Å²) in [4.78, 5) is 9.78. The molecule has 0 amide bonds. The van der Waals surface area contributed by atoms with E-state index in [2.05, 4.69) is 27.1 Å². The fraction of sp³-hybridized carbons (Fsp3) is 0.812. The maximum absolute atomic E-state index is 5.76. The summed E-state index contributed by atoms with van der Waals surface area (Å²) in [5.74, 6) is 0.608. The molecule has 2 fully saturated rings. The van der Waals surface area contributed by atoms with Crippen molar-refractivity contribution >= 4 is 11.3 Å². The lowest BCUT2D eigenvalue weighted by atomic mass is 9.89. The molecule has 1 aromatic heterocycles. The molecule has 0 bridgehead atoms. The van der Waals surface area contributed by atoms with E-state index in [1.165, 1.54) is 5.01 Å². The molecular formula is C16H27N3O2S. The molecule has 22 heavy (non-hydrogen) atoms. The molecule has 0 N–H and O–H groups in total. The Labute approximate surface area is 137 Å². The third-order valence-electron chi connectivity index (χ3n) is 4.98. The topological polar surface area (TPSA) is 37.8 Å². The number of piperidine rings is 1. The summed E-state index contributed by atoms with van der Waals surface area (Å²) in [7, 11) is 3.64. The molecule has 0 aromatic carbocycles. The van der Waals surface area contributed by atoms with Crippen LogP contribution < -0.4 is 0 Å². The minimum absolute atomic E-state index is 0.395. The smallest absolute Gasteiger partial charge is 0.107 e. The van der Waals surface area contributed by atoms with E-state index in [1.54, 1.807) is 18.4 Å². The fourth-order valence-corrected chi connectivity index (χ4v) is 4.66. The number of aryl methyl sites for hydroxylation is 1. The molecular weight excluding hydrogens is 298 g/mol. The van der Waals surface area contributed by atoms with Gasteiger partial charge in [-0.3, -0.25) is 9.80 Å². The second-order valence-electron chi connectivity index (χ2n) is 6.40. The van der Waals surface area contributed by atoms with Crippen molar-refractivity contribution in [1.29, 1.82) is 0 Å². The van der Waals surface area contributed by atoms with Gasteiger partial charge < -0.3 is 9.47 Å². The highest BCUT2D eigenvalue weighted by Gasteiger charge is 2.44. The van der Waals surface area contributed by atoms with Crippen molar-refractivity contribution in [2.45, 2.75) is 32.0 Å². The number of thiazole rings is 1. The number of fused-ring (bicyclic) bond motifs is 1. The standard InChI is InChI=1S/C16H27N3O2S/c1-12-11-22-16(17-12)10-19-5-4-15(21-3)13-8-18(6-7-20-2)9-14(13)19/h11,13-15H,4-10H2,1-3H3/t13-,14+,15-/m1/s1. The molecule has 5 nitrogen and oxygen atoms in total. The van der Waals surface area contributed by atoms with Crippen LogP contribution >= 0.6 is 11.3 Å². The Morgan fingerprint density at radius 1 is 1.36 bits per heavy atom. The van der Waals surface area contributed by atoms with E-state index in [1.807, 2.05) is 7.11 Å². The number of methoxy groups -OCH3 is 2. The summed E-state index contributed by atoms with van der Waals surface area (Å²) in [5, 5.41) is 3.39. The van der Waals surface area contributed by atoms with Gasteiger partial charge in [-0.05, 0) is 13.3 Å². The second-order valence-corrected chi connectivity index (χ2v) is 7.34. The number of hydrogen-bond acceptors (Lipinski definition) is 6. The molecule has 0 spiro atoms. The van der Waals surface area contributed by atoms with Crippen molar-refractivity contribution < 1.29 is 9.47 Å². The number of ether oxygens (including phenoxy) is 2. The van der Waals surface area contributed by atoms with Crippen molar-refractivity contribution in [3.8, 4) is 0 Å². The van der Waals surface area contributed by atoms with Gasteiger partial charge in [0.25, 0.3) is 0 Å². The molecule has 3 rings (SSSR count). The van der Waals surface area contributed by atoms with Crippen molar-refractivity contribution in [2.24, 2.45) is 5.92 Å². The van der Waals surface area contributed by atoms with E-state index in [-0.39, 0.29) is 0 Å². The van der Waals surface area contributed by atoms with Gasteiger partial charge in [-0.15, -0.1) is 11.3 Å². The maximum atomic E-state index is 5.76. The first-order valence-electron chi connectivity index (χ1n) is 8.10. The van der Waals surface area contributed by atoms with Crippen molar-refractivity contribution in [1.82, 2.24) is 14.8 Å². The Bertz CT molecular complexity index is 482. The van der Waals surface area contributed by atoms with Gasteiger partial charge in [-0.2, -0.15) is 0 Å². The van der Waals surface area contributed by atoms with Gasteiger partial charge in [0.2, 0.25) is 0 Å². The number of nitrogens with zero attached hydrogens (tertiary/aromatic N) is 3. The summed E-state index contributed by atoms with van der Waals surface area (Å²) < 4.78 is 11.0. The first-order chi connectivity index (χ1) is 10.7. The minimum atomic E-state index is 0.395. The molecule has 1 aromatic rings. The number of hydrogen-bond donors (Lipinski definition) is 0. The van der Waals surface area contributed by atoms with E-state index in [0.29, 0.717) is 18.1 Å². The monoisotopic (exact) mass is 325 g/mol. The first kappa shape index (κ1) is 16.3. The Kier molecular flexibility index (Phi) is 5.46. The summed E-state index contributed by atoms with van der Waals surface area (Å²) in [6.45, 7) is 8.23. The Morgan fingerprint density at radius 3 is 2.91 bits per heavy atom. The Hall–Kier alpha value is -0.530. The van der Waals surface area contributed by atoms with Crippen LogP contribution in [0.15, 0.2) is 5.38 Å². The van der Waals surface area contributed by atoms with Crippen LogP contribution in [0, 0.1) is 12.8 Å². The SMILES string of the molecule is COCCN1C[C@H]2[C@H](OC)CCN(Cc3nc(C)cs3)[C@H]2C1. The predicted octanol–water partition coefficient (Wildman–Crippen LogP) is 1.62. The van der Waals surface area contributed by atoms with Crippen LogP contribution in [0.2, 0.25) is 0 Å². The van der Waals surface area contributed by atoms with Crippen LogP contribution in [-0.4, -0.2) is 73.9 Å². The van der Waals surface area contributed by atoms with Crippen molar-refractivity contribution in [3.05, 3.63) is 16.1 Å². The maximum Gasteiger partial charge on any atom is 0.107 e. The zero-order chi connectivity index (χ0) is 15.5. The average molecular weight is 325 g/mol. The van der Waals surface area contributed by atoms with E-state index in [0.717, 1.165) is 51.4 Å². The van der Waals surface area contributed by atoms with Crippen LogP contribution in [0.4, 0.5) is 0 Å². The number of rotatable bonds is 6. The molecule has 6 heteroatoms. The van der Waals surface area contributed by atoms with E-state index in [4.69, 9.17) is 9.47 Å². The van der Waals surface area contributed by atoms with Gasteiger partial charge in [0.1, 0.15) is 5.01 Å². The first-order valence-corrected chi connectivity index (χ1v) is 8.98. The van der Waals surface area contributed by atoms with Crippen molar-refractivity contribution in [2.75, 3.05) is 47.0 Å². The van der Waals surface area contributed by atoms with Crippen molar-refractivity contribution in [3.63, 3.8) is 0 Å². The molecule has 2 aliphatic rings. The Morgan fingerprint density at radius 2 is 2.23 bits per heavy atom. The molecule has 3 atom stereocenters. The fourth-order valence-electron chi connectivity index (χ4n) is 3.86. The highest BCUT2D eigenvalue weighted by molar-refractivity contribution is 7.09. The zero-order valence-corrected chi connectivity index (χ0v) is 14.6. The summed E-state index contributed by atoms with van der Waals surface area (Å²) in [5.41, 5.74) is 1.14. The van der Waals surface area contributed by atoms with Gasteiger partial charge in [0.15, 0.2) is 0 Å². The van der Waals surface area contributed by atoms with Crippen LogP contribution in [-0.2, 0) is 16.0 Å². The third kappa shape index (κ3) is 3.51. The number of aromatic nitrogens is 1. The van der Waals surface area contributed by atoms with Gasteiger partial charge in [0, 0.05) is 63.4 Å². The second kappa shape index (κ2) is 7.36. The predicted molar refractivity (Wildman–Crippen MR) is 88.3 cm³/mol. The molecule has 0 radical (unpaired) electrons. The molecule has 0 unspecified atom stereocenters. The minimum Gasteiger partial charge on any atom is -0.383 e. The zero-order valence-electron chi connectivity index (χ0n) is 13.8. The lowest BCUT2D eigenvalue weighted by Crippen LogP contribution is -2.50. The summed E-state index contributed by atoms with van der Waals surface area (Å²) >= 11 is 1.78. The van der Waals surface area contributed by atoms with Crippen LogP contribution in [0.5, 0.6) is 0 Å². The normalized spacial score (nSPS) is 29.9. The van der Waals surface area contributed by atoms with Gasteiger partial charge in [-0.25, -0.2) is 4.98 Å². The van der Waals surface area contributed by atoms with Crippen LogP contribution in [0.1, 0.15) is 17.1 Å². The summed E-state index contributed by atoms with van der Waals surface area (Å²) in [6.07, 6.45) is 1.52.